The SMILES string of the molecule is NCc1ccc(CNC(=O)COCCOCCNC(=O)COCCOCCNC(=O)CCC(NC(=O)CCCCCCCCCCCCCCCCC(=O)O)C(=O)O)cc1. The van der Waals surface area contributed by atoms with Crippen LogP contribution in [-0.2, 0) is 60.8 Å². The Labute approximate surface area is 355 Å². The lowest BCUT2D eigenvalue weighted by molar-refractivity contribution is -0.142. The molecule has 0 spiro atoms. The first kappa shape index (κ1) is 53.9. The van der Waals surface area contributed by atoms with Gasteiger partial charge in [0.25, 0.3) is 0 Å². The molecule has 0 fully saturated rings. The van der Waals surface area contributed by atoms with E-state index in [1.165, 1.54) is 44.9 Å². The van der Waals surface area contributed by atoms with E-state index in [-0.39, 0.29) is 115 Å². The van der Waals surface area contributed by atoms with Crippen molar-refractivity contribution >= 4 is 35.6 Å². The molecule has 4 amide bonds. The zero-order chi connectivity index (χ0) is 43.9. The lowest BCUT2D eigenvalue weighted by atomic mass is 10.0. The van der Waals surface area contributed by atoms with E-state index in [2.05, 4.69) is 21.3 Å². The number of nitrogens with one attached hydrogen (secondary N) is 4. The Morgan fingerprint density at radius 2 is 0.933 bits per heavy atom. The van der Waals surface area contributed by atoms with Gasteiger partial charge in [0.15, 0.2) is 0 Å². The van der Waals surface area contributed by atoms with Crippen molar-refractivity contribution in [3.63, 3.8) is 0 Å². The van der Waals surface area contributed by atoms with Crippen LogP contribution >= 0.6 is 0 Å². The summed E-state index contributed by atoms with van der Waals surface area (Å²) in [5.41, 5.74) is 7.57. The van der Waals surface area contributed by atoms with Crippen molar-refractivity contribution in [2.45, 2.75) is 135 Å². The van der Waals surface area contributed by atoms with Gasteiger partial charge >= 0.3 is 11.9 Å². The molecule has 1 rings (SSSR count). The third kappa shape index (κ3) is 33.6. The lowest BCUT2D eigenvalue weighted by Crippen LogP contribution is -2.41. The molecule has 8 N–H and O–H groups in total. The zero-order valence-electron chi connectivity index (χ0n) is 35.7. The molecule has 0 radical (unpaired) electrons. The number of ether oxygens (including phenoxy) is 4. The highest BCUT2D eigenvalue weighted by atomic mass is 16.5. The molecule has 1 atom stereocenters. The molecular formula is C43H73N5O12. The molecule has 17 nitrogen and oxygen atoms in total. The van der Waals surface area contributed by atoms with Gasteiger partial charge in [-0.1, -0.05) is 101 Å². The third-order valence-corrected chi connectivity index (χ3v) is 9.43. The molecule has 1 aromatic carbocycles. The molecule has 60 heavy (non-hydrogen) atoms. The van der Waals surface area contributed by atoms with Gasteiger partial charge in [-0.25, -0.2) is 4.79 Å². The first-order chi connectivity index (χ1) is 29.1. The van der Waals surface area contributed by atoms with Crippen molar-refractivity contribution in [3.05, 3.63) is 35.4 Å². The van der Waals surface area contributed by atoms with Gasteiger partial charge in [-0.2, -0.15) is 0 Å². The number of hydrogen-bond donors (Lipinski definition) is 7. The maximum absolute atomic E-state index is 12.3. The van der Waals surface area contributed by atoms with E-state index >= 15 is 0 Å². The first-order valence-electron chi connectivity index (χ1n) is 21.7. The average Bonchev–Trinajstić information content (AvgIpc) is 3.23. The van der Waals surface area contributed by atoms with Crippen LogP contribution in [0, 0.1) is 0 Å². The number of amides is 4. The van der Waals surface area contributed by atoms with Crippen LogP contribution in [0.15, 0.2) is 24.3 Å². The molecule has 0 saturated heterocycles. The van der Waals surface area contributed by atoms with Crippen LogP contribution in [0.3, 0.4) is 0 Å². The maximum atomic E-state index is 12.3. The Morgan fingerprint density at radius 3 is 1.42 bits per heavy atom. The second-order valence-corrected chi connectivity index (χ2v) is 14.7. The average molecular weight is 852 g/mol. The van der Waals surface area contributed by atoms with E-state index in [0.717, 1.165) is 49.7 Å². The number of carbonyl (C=O) groups is 6. The van der Waals surface area contributed by atoms with Crippen LogP contribution in [0.2, 0.25) is 0 Å². The quantitative estimate of drug-likeness (QED) is 0.0465. The highest BCUT2D eigenvalue weighted by molar-refractivity contribution is 5.84. The molecule has 342 valence electrons. The first-order valence-corrected chi connectivity index (χ1v) is 21.7. The predicted molar refractivity (Wildman–Crippen MR) is 226 cm³/mol. The molecule has 0 bridgehead atoms. The summed E-state index contributed by atoms with van der Waals surface area (Å²) in [4.78, 5) is 70.5. The molecule has 0 aliphatic rings. The Morgan fingerprint density at radius 1 is 0.500 bits per heavy atom. The van der Waals surface area contributed by atoms with Crippen LogP contribution in [0.1, 0.15) is 127 Å². The van der Waals surface area contributed by atoms with Crippen LogP contribution in [0.5, 0.6) is 0 Å². The van der Waals surface area contributed by atoms with Crippen molar-refractivity contribution in [1.29, 1.82) is 0 Å². The van der Waals surface area contributed by atoms with Gasteiger partial charge in [-0.3, -0.25) is 24.0 Å². The van der Waals surface area contributed by atoms with Gasteiger partial charge in [0.05, 0.1) is 39.6 Å². The van der Waals surface area contributed by atoms with E-state index in [1.807, 2.05) is 24.3 Å². The Balaban J connectivity index is 1.91. The molecule has 1 unspecified atom stereocenters. The van der Waals surface area contributed by atoms with E-state index in [4.69, 9.17) is 29.8 Å². The van der Waals surface area contributed by atoms with Gasteiger partial charge in [0.1, 0.15) is 19.3 Å². The summed E-state index contributed by atoms with van der Waals surface area (Å²) in [7, 11) is 0. The molecule has 1 aromatic rings. The Hall–Kier alpha value is -4.16. The van der Waals surface area contributed by atoms with E-state index in [1.54, 1.807) is 0 Å². The minimum Gasteiger partial charge on any atom is -0.481 e. The Bertz CT molecular complexity index is 1320. The second-order valence-electron chi connectivity index (χ2n) is 14.7. The summed E-state index contributed by atoms with van der Waals surface area (Å²) in [6, 6.07) is 6.53. The van der Waals surface area contributed by atoms with Crippen LogP contribution in [0.25, 0.3) is 0 Å². The summed E-state index contributed by atoms with van der Waals surface area (Å²) in [5.74, 6) is -3.12. The van der Waals surface area contributed by atoms with Crippen LogP contribution in [-0.4, -0.2) is 118 Å². The number of carboxylic acids is 2. The molecular weight excluding hydrogens is 778 g/mol. The molecule has 0 aliphatic carbocycles. The topological polar surface area (TPSA) is 254 Å². The van der Waals surface area contributed by atoms with Gasteiger partial charge in [0.2, 0.25) is 23.6 Å². The van der Waals surface area contributed by atoms with Crippen molar-refractivity contribution in [2.75, 3.05) is 65.9 Å². The number of hydrogen-bond acceptors (Lipinski definition) is 11. The number of benzene rings is 1. The fourth-order valence-corrected chi connectivity index (χ4v) is 5.96. The van der Waals surface area contributed by atoms with E-state index < -0.39 is 18.0 Å². The fourth-order valence-electron chi connectivity index (χ4n) is 5.96. The van der Waals surface area contributed by atoms with E-state index in [9.17, 15) is 33.9 Å². The number of carboxylic acid groups (broad SMARTS) is 2. The molecule has 0 saturated carbocycles. The largest absolute Gasteiger partial charge is 0.481 e. The molecule has 0 aliphatic heterocycles. The molecule has 17 heteroatoms. The van der Waals surface area contributed by atoms with Gasteiger partial charge in [-0.05, 0) is 30.4 Å². The third-order valence-electron chi connectivity index (χ3n) is 9.43. The van der Waals surface area contributed by atoms with Crippen LogP contribution < -0.4 is 27.0 Å². The van der Waals surface area contributed by atoms with Gasteiger partial charge in [0, 0.05) is 45.4 Å². The standard InChI is InChI=1S/C43H73N5O12/c44-31-35-17-19-36(20-18-35)32-47-41(52)34-60-30-28-58-26-24-46-40(51)33-59-29-27-57-25-23-45-38(49)22-21-37(43(55)56)48-39(50)15-13-11-9-7-5-3-1-2-4-6-8-10-12-14-16-42(53)54/h17-20,37H,1-16,21-34,44H2,(H,45,49)(H,46,51)(H,47,52)(H,48,50)(H,53,54)(H,55,56). The summed E-state index contributed by atoms with van der Waals surface area (Å²) >= 11 is 0. The van der Waals surface area contributed by atoms with Crippen molar-refractivity contribution in [3.8, 4) is 0 Å². The summed E-state index contributed by atoms with van der Waals surface area (Å²) in [6.07, 6.45) is 15.5. The second kappa shape index (κ2) is 37.8. The molecule has 0 aromatic heterocycles. The minimum absolute atomic E-state index is 0.0234. The molecule has 0 heterocycles. The Kier molecular flexibility index (Phi) is 33.9. The smallest absolute Gasteiger partial charge is 0.326 e. The lowest BCUT2D eigenvalue weighted by Gasteiger charge is -2.14. The maximum Gasteiger partial charge on any atom is 0.326 e. The number of nitrogens with two attached hydrogens (primary N) is 1. The summed E-state index contributed by atoms with van der Waals surface area (Å²) in [6.45, 7) is 2.49. The van der Waals surface area contributed by atoms with Gasteiger partial charge < -0.3 is 56.2 Å². The number of aliphatic carboxylic acids is 2. The summed E-state index contributed by atoms with van der Waals surface area (Å²) in [5, 5.41) is 28.8. The van der Waals surface area contributed by atoms with Gasteiger partial charge in [-0.15, -0.1) is 0 Å². The highest BCUT2D eigenvalue weighted by Crippen LogP contribution is 2.14. The van der Waals surface area contributed by atoms with Crippen molar-refractivity contribution in [2.24, 2.45) is 5.73 Å². The van der Waals surface area contributed by atoms with Crippen LogP contribution in [0.4, 0.5) is 0 Å². The predicted octanol–water partition coefficient (Wildman–Crippen LogP) is 3.74. The normalized spacial score (nSPS) is 11.5. The zero-order valence-corrected chi connectivity index (χ0v) is 35.7. The monoisotopic (exact) mass is 852 g/mol. The minimum atomic E-state index is -1.18. The fraction of sp³-hybridized carbons (Fsp3) is 0.721. The summed E-state index contributed by atoms with van der Waals surface area (Å²) < 4.78 is 21.4. The van der Waals surface area contributed by atoms with E-state index in [0.29, 0.717) is 19.5 Å². The number of rotatable bonds is 41. The van der Waals surface area contributed by atoms with Crippen molar-refractivity contribution < 1.29 is 57.9 Å². The van der Waals surface area contributed by atoms with Crippen molar-refractivity contribution in [1.82, 2.24) is 21.3 Å². The highest BCUT2D eigenvalue weighted by Gasteiger charge is 2.20. The number of carbonyl (C=O) groups excluding carboxylic acids is 4. The number of unbranched alkanes of at least 4 members (excludes halogenated alkanes) is 13.